The van der Waals surface area contributed by atoms with E-state index in [2.05, 4.69) is 5.32 Å². The first-order valence-corrected chi connectivity index (χ1v) is 5.79. The maximum Gasteiger partial charge on any atom is 0.220 e. The molecule has 3 N–H and O–H groups in total. The van der Waals surface area contributed by atoms with E-state index in [9.17, 15) is 4.79 Å². The molecule has 1 atom stereocenters. The Morgan fingerprint density at radius 3 is 2.80 bits per heavy atom. The standard InChI is InChI=1S/C11H22N2O2/c1-9(8-12)13-11(14)3-2-10-4-6-15-7-5-10/h9-10H,2-8,12H2,1H3,(H,13,14)/t9-/m0/s1. The van der Waals surface area contributed by atoms with Gasteiger partial charge in [-0.3, -0.25) is 4.79 Å². The average Bonchev–Trinajstić information content (AvgIpc) is 2.27. The third kappa shape index (κ3) is 5.14. The summed E-state index contributed by atoms with van der Waals surface area (Å²) < 4.78 is 5.27. The van der Waals surface area contributed by atoms with Gasteiger partial charge in [0.15, 0.2) is 0 Å². The molecule has 0 aliphatic carbocycles. The molecular formula is C11H22N2O2. The number of carbonyl (C=O) groups excluding carboxylic acids is 1. The van der Waals surface area contributed by atoms with Crippen molar-refractivity contribution >= 4 is 5.91 Å². The van der Waals surface area contributed by atoms with Gasteiger partial charge in [-0.15, -0.1) is 0 Å². The van der Waals surface area contributed by atoms with E-state index in [-0.39, 0.29) is 11.9 Å². The summed E-state index contributed by atoms with van der Waals surface area (Å²) in [6.45, 7) is 4.13. The Morgan fingerprint density at radius 2 is 2.20 bits per heavy atom. The number of amides is 1. The molecule has 15 heavy (non-hydrogen) atoms. The van der Waals surface area contributed by atoms with Crippen molar-refractivity contribution in [2.24, 2.45) is 11.7 Å². The molecule has 0 unspecified atom stereocenters. The zero-order valence-corrected chi connectivity index (χ0v) is 9.50. The Morgan fingerprint density at radius 1 is 1.53 bits per heavy atom. The molecule has 88 valence electrons. The summed E-state index contributed by atoms with van der Waals surface area (Å²) in [6.07, 6.45) is 3.79. The molecule has 1 aliphatic rings. The lowest BCUT2D eigenvalue weighted by molar-refractivity contribution is -0.122. The summed E-state index contributed by atoms with van der Waals surface area (Å²) in [5.74, 6) is 0.789. The fraction of sp³-hybridized carbons (Fsp3) is 0.909. The maximum absolute atomic E-state index is 11.5. The Hall–Kier alpha value is -0.610. The number of hydrogen-bond acceptors (Lipinski definition) is 3. The number of rotatable bonds is 5. The largest absolute Gasteiger partial charge is 0.381 e. The molecule has 0 aromatic heterocycles. The second-order valence-electron chi connectivity index (χ2n) is 4.30. The van der Waals surface area contributed by atoms with Crippen LogP contribution in [0.4, 0.5) is 0 Å². The van der Waals surface area contributed by atoms with Gasteiger partial charge in [-0.2, -0.15) is 0 Å². The van der Waals surface area contributed by atoms with E-state index in [0.717, 1.165) is 32.5 Å². The highest BCUT2D eigenvalue weighted by Crippen LogP contribution is 2.19. The predicted octanol–water partition coefficient (Wildman–Crippen LogP) is 0.657. The molecule has 0 spiro atoms. The summed E-state index contributed by atoms with van der Waals surface area (Å²) >= 11 is 0. The van der Waals surface area contributed by atoms with Crippen molar-refractivity contribution in [2.75, 3.05) is 19.8 Å². The van der Waals surface area contributed by atoms with E-state index >= 15 is 0 Å². The van der Waals surface area contributed by atoms with Crippen LogP contribution in [-0.2, 0) is 9.53 Å². The SMILES string of the molecule is C[C@@H](CN)NC(=O)CCC1CCOCC1. The third-order valence-corrected chi connectivity index (χ3v) is 2.88. The zero-order chi connectivity index (χ0) is 11.1. The molecular weight excluding hydrogens is 192 g/mol. The molecule has 1 aliphatic heterocycles. The average molecular weight is 214 g/mol. The fourth-order valence-corrected chi connectivity index (χ4v) is 1.78. The van der Waals surface area contributed by atoms with Crippen LogP contribution in [0.25, 0.3) is 0 Å². The maximum atomic E-state index is 11.5. The first kappa shape index (κ1) is 12.5. The summed E-state index contributed by atoms with van der Waals surface area (Å²) in [5.41, 5.74) is 5.43. The van der Waals surface area contributed by atoms with Crippen LogP contribution in [0.15, 0.2) is 0 Å². The Labute approximate surface area is 91.5 Å². The van der Waals surface area contributed by atoms with E-state index in [1.807, 2.05) is 6.92 Å². The van der Waals surface area contributed by atoms with E-state index in [1.54, 1.807) is 0 Å². The predicted molar refractivity (Wildman–Crippen MR) is 59.4 cm³/mol. The van der Waals surface area contributed by atoms with Crippen LogP contribution in [-0.4, -0.2) is 31.7 Å². The van der Waals surface area contributed by atoms with Gasteiger partial charge in [0.25, 0.3) is 0 Å². The van der Waals surface area contributed by atoms with Crippen molar-refractivity contribution in [3.63, 3.8) is 0 Å². The smallest absolute Gasteiger partial charge is 0.220 e. The zero-order valence-electron chi connectivity index (χ0n) is 9.50. The minimum atomic E-state index is 0.0900. The van der Waals surface area contributed by atoms with Gasteiger partial charge < -0.3 is 15.8 Å². The van der Waals surface area contributed by atoms with E-state index in [0.29, 0.717) is 18.9 Å². The minimum absolute atomic E-state index is 0.0900. The van der Waals surface area contributed by atoms with E-state index in [1.165, 1.54) is 0 Å². The molecule has 0 aromatic rings. The van der Waals surface area contributed by atoms with Gasteiger partial charge in [0.05, 0.1) is 0 Å². The van der Waals surface area contributed by atoms with Crippen LogP contribution in [0.1, 0.15) is 32.6 Å². The molecule has 1 heterocycles. The van der Waals surface area contributed by atoms with Gasteiger partial charge in [0.2, 0.25) is 5.91 Å². The molecule has 1 amide bonds. The van der Waals surface area contributed by atoms with Gasteiger partial charge in [0.1, 0.15) is 0 Å². The van der Waals surface area contributed by atoms with Crippen molar-refractivity contribution in [3.8, 4) is 0 Å². The molecule has 0 bridgehead atoms. The summed E-state index contributed by atoms with van der Waals surface area (Å²) in [5, 5.41) is 2.87. The van der Waals surface area contributed by atoms with Crippen molar-refractivity contribution in [2.45, 2.75) is 38.6 Å². The van der Waals surface area contributed by atoms with E-state index in [4.69, 9.17) is 10.5 Å². The number of nitrogens with one attached hydrogen (secondary N) is 1. The number of nitrogens with two attached hydrogens (primary N) is 1. The van der Waals surface area contributed by atoms with Gasteiger partial charge >= 0.3 is 0 Å². The third-order valence-electron chi connectivity index (χ3n) is 2.88. The van der Waals surface area contributed by atoms with Crippen molar-refractivity contribution in [1.82, 2.24) is 5.32 Å². The number of ether oxygens (including phenoxy) is 1. The summed E-state index contributed by atoms with van der Waals surface area (Å²) in [7, 11) is 0. The lowest BCUT2D eigenvalue weighted by Crippen LogP contribution is -2.37. The highest BCUT2D eigenvalue weighted by molar-refractivity contribution is 5.76. The molecule has 4 nitrogen and oxygen atoms in total. The van der Waals surface area contributed by atoms with Crippen molar-refractivity contribution < 1.29 is 9.53 Å². The van der Waals surface area contributed by atoms with Crippen LogP contribution < -0.4 is 11.1 Å². The highest BCUT2D eigenvalue weighted by Gasteiger charge is 2.15. The molecule has 1 saturated heterocycles. The lowest BCUT2D eigenvalue weighted by atomic mass is 9.95. The van der Waals surface area contributed by atoms with Crippen molar-refractivity contribution in [3.05, 3.63) is 0 Å². The molecule has 0 aromatic carbocycles. The highest BCUT2D eigenvalue weighted by atomic mass is 16.5. The minimum Gasteiger partial charge on any atom is -0.381 e. The summed E-state index contributed by atoms with van der Waals surface area (Å²) in [6, 6.07) is 0.0900. The lowest BCUT2D eigenvalue weighted by Gasteiger charge is -2.21. The normalized spacial score (nSPS) is 19.9. The topological polar surface area (TPSA) is 64.3 Å². The first-order valence-electron chi connectivity index (χ1n) is 5.79. The van der Waals surface area contributed by atoms with Gasteiger partial charge in [0, 0.05) is 32.2 Å². The number of carbonyl (C=O) groups is 1. The first-order chi connectivity index (χ1) is 7.22. The van der Waals surface area contributed by atoms with Gasteiger partial charge in [-0.1, -0.05) is 0 Å². The Bertz CT molecular complexity index is 191. The van der Waals surface area contributed by atoms with Crippen molar-refractivity contribution in [1.29, 1.82) is 0 Å². The van der Waals surface area contributed by atoms with Gasteiger partial charge in [-0.05, 0) is 32.1 Å². The van der Waals surface area contributed by atoms with E-state index < -0.39 is 0 Å². The molecule has 4 heteroatoms. The van der Waals surface area contributed by atoms with Crippen LogP contribution in [0.3, 0.4) is 0 Å². The second kappa shape index (κ2) is 6.80. The second-order valence-corrected chi connectivity index (χ2v) is 4.30. The summed E-state index contributed by atoms with van der Waals surface area (Å²) in [4.78, 5) is 11.5. The van der Waals surface area contributed by atoms with Crippen LogP contribution in [0.2, 0.25) is 0 Å². The molecule has 0 radical (unpaired) electrons. The van der Waals surface area contributed by atoms with Crippen LogP contribution in [0.5, 0.6) is 0 Å². The number of hydrogen-bond donors (Lipinski definition) is 2. The van der Waals surface area contributed by atoms with Crippen LogP contribution in [0, 0.1) is 5.92 Å². The monoisotopic (exact) mass is 214 g/mol. The molecule has 1 fully saturated rings. The fourth-order valence-electron chi connectivity index (χ4n) is 1.78. The van der Waals surface area contributed by atoms with Crippen LogP contribution >= 0.6 is 0 Å². The quantitative estimate of drug-likeness (QED) is 0.706. The molecule has 1 rings (SSSR count). The Balaban J connectivity index is 2.10. The van der Waals surface area contributed by atoms with Gasteiger partial charge in [-0.25, -0.2) is 0 Å². The Kier molecular flexibility index (Phi) is 5.65. The molecule has 0 saturated carbocycles.